The van der Waals surface area contributed by atoms with E-state index in [1.165, 1.54) is 6.07 Å². The van der Waals surface area contributed by atoms with Crippen LogP contribution in [-0.4, -0.2) is 34.9 Å². The van der Waals surface area contributed by atoms with Gasteiger partial charge in [0.25, 0.3) is 5.69 Å². The smallest absolute Gasteiger partial charge is 0.292 e. The van der Waals surface area contributed by atoms with Gasteiger partial charge in [0.1, 0.15) is 5.69 Å². The van der Waals surface area contributed by atoms with Crippen LogP contribution in [0.1, 0.15) is 26.7 Å². The molecule has 1 amide bonds. The highest BCUT2D eigenvalue weighted by molar-refractivity contribution is 5.83. The first-order valence-electron chi connectivity index (χ1n) is 7.58. The van der Waals surface area contributed by atoms with Crippen molar-refractivity contribution in [2.75, 3.05) is 18.4 Å². The van der Waals surface area contributed by atoms with Crippen molar-refractivity contribution >= 4 is 17.3 Å². The Bertz CT molecular complexity index is 645. The summed E-state index contributed by atoms with van der Waals surface area (Å²) in [4.78, 5) is 25.1. The summed E-state index contributed by atoms with van der Waals surface area (Å²) in [7, 11) is 0. The molecule has 0 saturated heterocycles. The topological polar surface area (TPSA) is 75.5 Å². The van der Waals surface area contributed by atoms with Gasteiger partial charge >= 0.3 is 0 Å². The monoisotopic (exact) mass is 315 g/mol. The van der Waals surface area contributed by atoms with Gasteiger partial charge < -0.3 is 10.2 Å². The molecule has 0 heterocycles. The SMILES string of the molecule is C#CCN(C(=O)C(C)(C)CNc1ccccc1[N+](=O)[O-])C1CC1. The van der Waals surface area contributed by atoms with E-state index in [0.29, 0.717) is 18.8 Å². The Hall–Kier alpha value is -2.55. The van der Waals surface area contributed by atoms with Crippen molar-refractivity contribution in [3.8, 4) is 12.3 Å². The molecule has 2 rings (SSSR count). The minimum Gasteiger partial charge on any atom is -0.378 e. The van der Waals surface area contributed by atoms with Crippen LogP contribution in [0.3, 0.4) is 0 Å². The Morgan fingerprint density at radius 3 is 2.70 bits per heavy atom. The van der Waals surface area contributed by atoms with E-state index >= 15 is 0 Å². The lowest BCUT2D eigenvalue weighted by atomic mass is 9.91. The first-order chi connectivity index (χ1) is 10.9. The predicted molar refractivity (Wildman–Crippen MR) is 88.9 cm³/mol. The Labute approximate surface area is 136 Å². The van der Waals surface area contributed by atoms with E-state index in [4.69, 9.17) is 6.42 Å². The average molecular weight is 315 g/mol. The standard InChI is InChI=1S/C17H21N3O3/c1-4-11-19(13-9-10-13)16(21)17(2,3)12-18-14-7-5-6-8-15(14)20(22)23/h1,5-8,13,18H,9-12H2,2-3H3. The maximum Gasteiger partial charge on any atom is 0.292 e. The zero-order valence-corrected chi connectivity index (χ0v) is 13.4. The third-order valence-corrected chi connectivity index (χ3v) is 3.91. The van der Waals surface area contributed by atoms with E-state index in [2.05, 4.69) is 11.2 Å². The largest absolute Gasteiger partial charge is 0.378 e. The summed E-state index contributed by atoms with van der Waals surface area (Å²) >= 11 is 0. The molecule has 1 saturated carbocycles. The molecule has 0 atom stereocenters. The number of nitrogens with one attached hydrogen (secondary N) is 1. The van der Waals surface area contributed by atoms with E-state index in [-0.39, 0.29) is 17.6 Å². The van der Waals surface area contributed by atoms with Crippen molar-refractivity contribution in [1.29, 1.82) is 0 Å². The highest BCUT2D eigenvalue weighted by Crippen LogP contribution is 2.32. The first kappa shape index (κ1) is 16.8. The fourth-order valence-electron chi connectivity index (χ4n) is 2.41. The van der Waals surface area contributed by atoms with Crippen molar-refractivity contribution in [3.05, 3.63) is 34.4 Å². The lowest BCUT2D eigenvalue weighted by Crippen LogP contribution is -2.45. The lowest BCUT2D eigenvalue weighted by molar-refractivity contribution is -0.384. The Morgan fingerprint density at radius 2 is 2.13 bits per heavy atom. The maximum absolute atomic E-state index is 12.7. The van der Waals surface area contributed by atoms with Gasteiger partial charge in [0.15, 0.2) is 0 Å². The van der Waals surface area contributed by atoms with Gasteiger partial charge in [0.05, 0.1) is 16.9 Å². The summed E-state index contributed by atoms with van der Waals surface area (Å²) in [6.45, 7) is 4.24. The molecule has 122 valence electrons. The molecule has 1 N–H and O–H groups in total. The van der Waals surface area contributed by atoms with Crippen LogP contribution >= 0.6 is 0 Å². The number of nitrogens with zero attached hydrogens (tertiary/aromatic N) is 2. The van der Waals surface area contributed by atoms with Gasteiger partial charge in [-0.1, -0.05) is 18.1 Å². The van der Waals surface area contributed by atoms with E-state index < -0.39 is 10.3 Å². The number of rotatable bonds is 7. The van der Waals surface area contributed by atoms with Gasteiger partial charge in [-0.15, -0.1) is 6.42 Å². The average Bonchev–Trinajstić information content (AvgIpc) is 3.35. The molecule has 0 bridgehead atoms. The molecular weight excluding hydrogens is 294 g/mol. The van der Waals surface area contributed by atoms with E-state index in [9.17, 15) is 14.9 Å². The maximum atomic E-state index is 12.7. The number of anilines is 1. The number of benzene rings is 1. The Balaban J connectivity index is 2.08. The number of para-hydroxylation sites is 2. The molecular formula is C17H21N3O3. The molecule has 0 spiro atoms. The molecule has 0 aliphatic heterocycles. The Morgan fingerprint density at radius 1 is 1.48 bits per heavy atom. The fourth-order valence-corrected chi connectivity index (χ4v) is 2.41. The van der Waals surface area contributed by atoms with Crippen LogP contribution in [0.4, 0.5) is 11.4 Å². The zero-order valence-electron chi connectivity index (χ0n) is 13.4. The molecule has 1 fully saturated rings. The number of carbonyl (C=O) groups is 1. The quantitative estimate of drug-likeness (QED) is 0.477. The molecule has 23 heavy (non-hydrogen) atoms. The molecule has 6 heteroatoms. The van der Waals surface area contributed by atoms with Crippen molar-refractivity contribution in [3.63, 3.8) is 0 Å². The lowest BCUT2D eigenvalue weighted by Gasteiger charge is -2.31. The van der Waals surface area contributed by atoms with Crippen LogP contribution in [0.25, 0.3) is 0 Å². The molecule has 0 unspecified atom stereocenters. The van der Waals surface area contributed by atoms with Crippen molar-refractivity contribution < 1.29 is 9.72 Å². The summed E-state index contributed by atoms with van der Waals surface area (Å²) < 4.78 is 0. The molecule has 1 aromatic carbocycles. The van der Waals surface area contributed by atoms with Crippen LogP contribution in [-0.2, 0) is 4.79 Å². The van der Waals surface area contributed by atoms with Gasteiger partial charge in [0, 0.05) is 18.7 Å². The molecule has 1 aliphatic rings. The minimum atomic E-state index is -0.705. The number of nitro groups is 1. The second-order valence-corrected chi connectivity index (χ2v) is 6.38. The second kappa shape index (κ2) is 6.69. The van der Waals surface area contributed by atoms with Gasteiger partial charge in [-0.25, -0.2) is 0 Å². The normalized spacial score (nSPS) is 14.0. The van der Waals surface area contributed by atoms with Crippen LogP contribution in [0, 0.1) is 27.9 Å². The van der Waals surface area contributed by atoms with Gasteiger partial charge in [-0.2, -0.15) is 0 Å². The number of nitro benzene ring substituents is 1. The number of hydrogen-bond acceptors (Lipinski definition) is 4. The first-order valence-corrected chi connectivity index (χ1v) is 7.58. The van der Waals surface area contributed by atoms with Gasteiger partial charge in [0.2, 0.25) is 5.91 Å². The zero-order chi connectivity index (χ0) is 17.0. The fraction of sp³-hybridized carbons (Fsp3) is 0.471. The number of carbonyl (C=O) groups excluding carboxylic acids is 1. The second-order valence-electron chi connectivity index (χ2n) is 6.38. The van der Waals surface area contributed by atoms with Crippen LogP contribution < -0.4 is 5.32 Å². The number of terminal acetylenes is 1. The van der Waals surface area contributed by atoms with Crippen LogP contribution in [0.2, 0.25) is 0 Å². The summed E-state index contributed by atoms with van der Waals surface area (Å²) in [5.41, 5.74) is -0.296. The summed E-state index contributed by atoms with van der Waals surface area (Å²) in [5.74, 6) is 2.51. The summed E-state index contributed by atoms with van der Waals surface area (Å²) in [5, 5.41) is 14.1. The van der Waals surface area contributed by atoms with E-state index in [1.807, 2.05) is 13.8 Å². The highest BCUT2D eigenvalue weighted by atomic mass is 16.6. The number of amides is 1. The number of hydrogen-bond donors (Lipinski definition) is 1. The third kappa shape index (κ3) is 4.01. The van der Waals surface area contributed by atoms with Crippen molar-refractivity contribution in [1.82, 2.24) is 4.90 Å². The van der Waals surface area contributed by atoms with E-state index in [0.717, 1.165) is 12.8 Å². The molecule has 0 aromatic heterocycles. The Kier molecular flexibility index (Phi) is 4.89. The summed E-state index contributed by atoms with van der Waals surface area (Å²) in [6.07, 6.45) is 7.33. The third-order valence-electron chi connectivity index (χ3n) is 3.91. The highest BCUT2D eigenvalue weighted by Gasteiger charge is 2.39. The van der Waals surface area contributed by atoms with Gasteiger partial charge in [-0.3, -0.25) is 14.9 Å². The molecule has 1 aromatic rings. The molecule has 1 aliphatic carbocycles. The van der Waals surface area contributed by atoms with Crippen molar-refractivity contribution in [2.45, 2.75) is 32.7 Å². The molecule has 0 radical (unpaired) electrons. The summed E-state index contributed by atoms with van der Waals surface area (Å²) in [6, 6.07) is 6.65. The molecule has 6 nitrogen and oxygen atoms in total. The van der Waals surface area contributed by atoms with Crippen LogP contribution in [0.5, 0.6) is 0 Å². The van der Waals surface area contributed by atoms with Crippen molar-refractivity contribution in [2.24, 2.45) is 5.41 Å². The van der Waals surface area contributed by atoms with Crippen LogP contribution in [0.15, 0.2) is 24.3 Å². The predicted octanol–water partition coefficient (Wildman–Crippen LogP) is 2.66. The minimum absolute atomic E-state index is 0.00146. The van der Waals surface area contributed by atoms with Gasteiger partial charge in [-0.05, 0) is 32.8 Å². The van der Waals surface area contributed by atoms with E-state index in [1.54, 1.807) is 23.1 Å².